The molecule has 4 aromatic carbocycles. The van der Waals surface area contributed by atoms with Gasteiger partial charge in [0.2, 0.25) is 0 Å². The lowest BCUT2D eigenvalue weighted by atomic mass is 9.93. The predicted molar refractivity (Wildman–Crippen MR) is 167 cm³/mol. The Balaban J connectivity index is 0.000000945. The van der Waals surface area contributed by atoms with E-state index in [0.29, 0.717) is 17.9 Å². The van der Waals surface area contributed by atoms with E-state index in [0.717, 1.165) is 53.6 Å². The number of methoxy groups -OCH3 is 1. The second kappa shape index (κ2) is 14.0. The highest BCUT2D eigenvalue weighted by Crippen LogP contribution is 2.34. The first-order valence-electron chi connectivity index (χ1n) is 14.6. The molecular weight excluding hydrogens is 574 g/mol. The number of aromatic nitrogens is 1. The number of nitrogens with one attached hydrogen (secondary N) is 1. The van der Waals surface area contributed by atoms with Crippen molar-refractivity contribution in [2.45, 2.75) is 39.5 Å². The predicted octanol–water partition coefficient (Wildman–Crippen LogP) is 4.52. The monoisotopic (exact) mass is 609 g/mol. The van der Waals surface area contributed by atoms with Crippen molar-refractivity contribution >= 4 is 22.6 Å². The number of carbonyl (C=O) groups excluding carboxylic acids is 1. The van der Waals surface area contributed by atoms with Crippen LogP contribution in [0.5, 0.6) is 17.2 Å². The minimum atomic E-state index is -1.08. The van der Waals surface area contributed by atoms with Crippen molar-refractivity contribution in [3.63, 3.8) is 0 Å². The molecule has 45 heavy (non-hydrogen) atoms. The summed E-state index contributed by atoms with van der Waals surface area (Å²) in [5.41, 5.74) is 7.47. The number of nitro groups is 1. The number of carboxylic acid groups (broad SMARTS) is 1. The Labute approximate surface area is 260 Å². The fourth-order valence-corrected chi connectivity index (χ4v) is 5.62. The van der Waals surface area contributed by atoms with Crippen molar-refractivity contribution in [2.24, 2.45) is 0 Å². The van der Waals surface area contributed by atoms with E-state index >= 15 is 0 Å². The molecule has 0 fully saturated rings. The summed E-state index contributed by atoms with van der Waals surface area (Å²) in [7, 11) is 1.65. The number of hydrogen-bond donors (Lipinski definition) is 2. The molecule has 10 nitrogen and oxygen atoms in total. The molecule has 1 unspecified atom stereocenters. The number of nitrogens with zero attached hydrogens (tertiary/aromatic N) is 1. The number of nitro benzene ring substituents is 1. The summed E-state index contributed by atoms with van der Waals surface area (Å²) in [6.07, 6.45) is 0.972. The molecule has 232 valence electrons. The first-order chi connectivity index (χ1) is 21.7. The third kappa shape index (κ3) is 7.42. The van der Waals surface area contributed by atoms with Crippen LogP contribution in [-0.4, -0.2) is 29.5 Å². The van der Waals surface area contributed by atoms with Crippen molar-refractivity contribution in [3.05, 3.63) is 129 Å². The maximum atomic E-state index is 11.2. The van der Waals surface area contributed by atoms with Crippen LogP contribution in [0.1, 0.15) is 46.5 Å². The van der Waals surface area contributed by atoms with Crippen molar-refractivity contribution in [3.8, 4) is 17.2 Å². The van der Waals surface area contributed by atoms with Crippen molar-refractivity contribution in [2.75, 3.05) is 13.7 Å². The Morgan fingerprint density at radius 3 is 2.40 bits per heavy atom. The number of carbonyl (C=O) groups is 1. The van der Waals surface area contributed by atoms with Crippen molar-refractivity contribution < 1.29 is 34.4 Å². The highest BCUT2D eigenvalue weighted by Gasteiger charge is 2.29. The molecule has 0 radical (unpaired) electrons. The summed E-state index contributed by atoms with van der Waals surface area (Å²) in [4.78, 5) is 23.4. The Hall–Kier alpha value is -5.35. The molecule has 1 aliphatic heterocycles. The molecule has 0 spiro atoms. The molecule has 1 atom stereocenters. The summed E-state index contributed by atoms with van der Waals surface area (Å²) in [5, 5.41) is 23.6. The summed E-state index contributed by atoms with van der Waals surface area (Å²) in [5.74, 6) is 1.09. The number of ether oxygens (including phenoxy) is 3. The first kappa shape index (κ1) is 31.1. The molecule has 6 rings (SSSR count). The van der Waals surface area contributed by atoms with Crippen LogP contribution in [0.4, 0.5) is 5.69 Å². The molecule has 5 aromatic rings. The molecule has 10 heteroatoms. The van der Waals surface area contributed by atoms with E-state index < -0.39 is 5.97 Å². The SMILES string of the molecule is CC(=O)[O-].COc1ccc(C2[NH2+]CCc3c2[nH]c2ccc(OCc4ccccc4)cc32)cc1COc1ccc([N+](=O)[O-])c(C)c1. The second-order valence-electron chi connectivity index (χ2n) is 10.8. The van der Waals surface area contributed by atoms with E-state index in [1.807, 2.05) is 30.3 Å². The quantitative estimate of drug-likeness (QED) is 0.185. The van der Waals surface area contributed by atoms with Crippen LogP contribution in [0.2, 0.25) is 0 Å². The zero-order valence-corrected chi connectivity index (χ0v) is 25.4. The number of benzene rings is 4. The minimum Gasteiger partial charge on any atom is -0.550 e. The fourth-order valence-electron chi connectivity index (χ4n) is 5.62. The van der Waals surface area contributed by atoms with E-state index in [9.17, 15) is 10.1 Å². The highest BCUT2D eigenvalue weighted by atomic mass is 16.6. The van der Waals surface area contributed by atoms with Gasteiger partial charge in [-0.2, -0.15) is 0 Å². The van der Waals surface area contributed by atoms with Crippen molar-refractivity contribution in [1.29, 1.82) is 0 Å². The van der Waals surface area contributed by atoms with E-state index in [-0.39, 0.29) is 23.3 Å². The number of hydrogen-bond acceptors (Lipinski definition) is 7. The lowest BCUT2D eigenvalue weighted by molar-refractivity contribution is -0.690. The van der Waals surface area contributed by atoms with E-state index in [4.69, 9.17) is 24.1 Å². The molecule has 3 N–H and O–H groups in total. The van der Waals surface area contributed by atoms with Gasteiger partial charge < -0.3 is 34.4 Å². The summed E-state index contributed by atoms with van der Waals surface area (Å²) >= 11 is 0. The van der Waals surface area contributed by atoms with E-state index in [2.05, 4.69) is 46.7 Å². The molecule has 0 saturated heterocycles. The smallest absolute Gasteiger partial charge is 0.272 e. The van der Waals surface area contributed by atoms with Crippen LogP contribution < -0.4 is 24.6 Å². The van der Waals surface area contributed by atoms with Gasteiger partial charge in [0.25, 0.3) is 5.69 Å². The van der Waals surface area contributed by atoms with Crippen LogP contribution in [0.3, 0.4) is 0 Å². The zero-order chi connectivity index (χ0) is 31.9. The van der Waals surface area contributed by atoms with Gasteiger partial charge >= 0.3 is 0 Å². The maximum Gasteiger partial charge on any atom is 0.272 e. The van der Waals surface area contributed by atoms with Gasteiger partial charge in [0.15, 0.2) is 6.04 Å². The van der Waals surface area contributed by atoms with Gasteiger partial charge in [0.1, 0.15) is 30.5 Å². The molecule has 0 bridgehead atoms. The number of nitrogens with two attached hydrogens (primary N) is 1. The van der Waals surface area contributed by atoms with Gasteiger partial charge in [-0.05, 0) is 73.5 Å². The highest BCUT2D eigenvalue weighted by molar-refractivity contribution is 5.86. The topological polar surface area (TPSA) is 143 Å². The summed E-state index contributed by atoms with van der Waals surface area (Å²) in [6, 6.07) is 27.6. The second-order valence-corrected chi connectivity index (χ2v) is 10.8. The Morgan fingerprint density at radius 2 is 1.69 bits per heavy atom. The fraction of sp³-hybridized carbons (Fsp3) is 0.229. The number of quaternary nitrogens is 1. The van der Waals surface area contributed by atoms with Crippen LogP contribution in [0, 0.1) is 17.0 Å². The van der Waals surface area contributed by atoms with Gasteiger partial charge in [-0.25, -0.2) is 0 Å². The molecule has 0 saturated carbocycles. The lowest BCUT2D eigenvalue weighted by Crippen LogP contribution is -2.87. The van der Waals surface area contributed by atoms with Crippen LogP contribution in [-0.2, 0) is 24.4 Å². The molecule has 0 amide bonds. The number of fused-ring (bicyclic) bond motifs is 3. The van der Waals surface area contributed by atoms with Gasteiger partial charge in [0.05, 0.1) is 24.3 Å². The summed E-state index contributed by atoms with van der Waals surface area (Å²) < 4.78 is 17.8. The lowest BCUT2D eigenvalue weighted by Gasteiger charge is -2.22. The number of H-pyrrole nitrogens is 1. The van der Waals surface area contributed by atoms with E-state index in [1.165, 1.54) is 22.7 Å². The normalized spacial score (nSPS) is 13.7. The Bertz CT molecular complexity index is 1810. The molecule has 1 aliphatic rings. The molecule has 1 aromatic heterocycles. The number of aryl methyl sites for hydroxylation is 1. The van der Waals surface area contributed by atoms with Gasteiger partial charge in [-0.1, -0.05) is 30.3 Å². The van der Waals surface area contributed by atoms with Gasteiger partial charge in [-0.3, -0.25) is 10.1 Å². The third-order valence-corrected chi connectivity index (χ3v) is 7.69. The van der Waals surface area contributed by atoms with Gasteiger partial charge in [0, 0.05) is 46.0 Å². The number of aliphatic carboxylic acids is 1. The number of carboxylic acids is 1. The largest absolute Gasteiger partial charge is 0.550 e. The molecule has 0 aliphatic carbocycles. The minimum absolute atomic E-state index is 0.0776. The number of aromatic amines is 1. The average molecular weight is 610 g/mol. The molecule has 2 heterocycles. The standard InChI is InChI=1S/C33H31N3O5.C2H4O2/c1-21-16-25(10-12-30(21)36(37)38)41-20-24-17-23(8-13-31(24)39-2)32-33-27(14-15-34-32)28-18-26(9-11-29(28)35-33)40-19-22-6-4-3-5-7-22;1-2(3)4/h3-13,16-18,32,34-35H,14-15,19-20H2,1-2H3;1H3,(H,3,4). The van der Waals surface area contributed by atoms with E-state index in [1.54, 1.807) is 26.2 Å². The van der Waals surface area contributed by atoms with Crippen molar-refractivity contribution in [1.82, 2.24) is 4.98 Å². The molecular formula is C35H35N3O7. The van der Waals surface area contributed by atoms with Crippen LogP contribution >= 0.6 is 0 Å². The zero-order valence-electron chi connectivity index (χ0n) is 25.4. The van der Waals surface area contributed by atoms with Gasteiger partial charge in [-0.15, -0.1) is 0 Å². The Kier molecular flexibility index (Phi) is 9.64. The first-order valence-corrected chi connectivity index (χ1v) is 14.6. The maximum absolute atomic E-state index is 11.2. The van der Waals surface area contributed by atoms with Crippen LogP contribution in [0.15, 0.2) is 84.9 Å². The number of rotatable bonds is 9. The summed E-state index contributed by atoms with van der Waals surface area (Å²) in [6.45, 7) is 4.47. The third-order valence-electron chi connectivity index (χ3n) is 7.69. The average Bonchev–Trinajstić information content (AvgIpc) is 3.41. The Morgan fingerprint density at radius 1 is 0.978 bits per heavy atom. The van der Waals surface area contributed by atoms with Crippen LogP contribution in [0.25, 0.3) is 10.9 Å².